The monoisotopic (exact) mass is 234 g/mol. The van der Waals surface area contributed by atoms with E-state index in [9.17, 15) is 9.59 Å². The first-order valence-corrected chi connectivity index (χ1v) is 4.99. The van der Waals surface area contributed by atoms with E-state index in [1.165, 1.54) is 14.2 Å². The minimum atomic E-state index is -0.430. The van der Waals surface area contributed by atoms with Gasteiger partial charge in [0, 0.05) is 14.2 Å². The molecule has 0 spiro atoms. The van der Waals surface area contributed by atoms with E-state index < -0.39 is 11.9 Å². The van der Waals surface area contributed by atoms with E-state index in [0.29, 0.717) is 13.2 Å². The molecule has 94 valence electrons. The molecule has 0 radical (unpaired) electrons. The highest BCUT2D eigenvalue weighted by Crippen LogP contribution is 1.96. The number of carbonyl (C=O) groups excluding carboxylic acids is 2. The molecular weight excluding hydrogens is 216 g/mol. The van der Waals surface area contributed by atoms with Crippen molar-refractivity contribution >= 4 is 11.9 Å². The van der Waals surface area contributed by atoms with Gasteiger partial charge in [0.2, 0.25) is 0 Å². The van der Waals surface area contributed by atoms with Crippen LogP contribution < -0.4 is 0 Å². The standard InChI is InChI=1S/C10H18O6/c1-13-5-7-15-9(11)3-4-10(12)16-8-6-14-2/h3-8H2,1-2H3. The fraction of sp³-hybridized carbons (Fsp3) is 0.800. The third-order valence-electron chi connectivity index (χ3n) is 1.63. The van der Waals surface area contributed by atoms with E-state index in [-0.39, 0.29) is 26.1 Å². The summed E-state index contributed by atoms with van der Waals surface area (Å²) >= 11 is 0. The molecule has 16 heavy (non-hydrogen) atoms. The largest absolute Gasteiger partial charge is 0.463 e. The first-order chi connectivity index (χ1) is 7.70. The first-order valence-electron chi connectivity index (χ1n) is 4.99. The molecular formula is C10H18O6. The summed E-state index contributed by atoms with van der Waals surface area (Å²) in [6.07, 6.45) is 0.0467. The molecule has 0 aliphatic carbocycles. The fourth-order valence-corrected chi connectivity index (χ4v) is 0.826. The second-order valence-electron chi connectivity index (χ2n) is 2.93. The molecule has 0 saturated carbocycles. The van der Waals surface area contributed by atoms with Gasteiger partial charge in [-0.05, 0) is 0 Å². The molecule has 0 aliphatic heterocycles. The highest BCUT2D eigenvalue weighted by Gasteiger charge is 2.08. The Labute approximate surface area is 94.8 Å². The van der Waals surface area contributed by atoms with E-state index in [0.717, 1.165) is 0 Å². The summed E-state index contributed by atoms with van der Waals surface area (Å²) in [7, 11) is 3.03. The van der Waals surface area contributed by atoms with Crippen molar-refractivity contribution in [3.8, 4) is 0 Å². The van der Waals surface area contributed by atoms with Gasteiger partial charge in [-0.25, -0.2) is 0 Å². The average molecular weight is 234 g/mol. The molecule has 0 atom stereocenters. The van der Waals surface area contributed by atoms with Crippen LogP contribution in [0.5, 0.6) is 0 Å². The highest BCUT2D eigenvalue weighted by atomic mass is 16.6. The van der Waals surface area contributed by atoms with Crippen LogP contribution >= 0.6 is 0 Å². The molecule has 0 saturated heterocycles. The predicted molar refractivity (Wildman–Crippen MR) is 54.9 cm³/mol. The lowest BCUT2D eigenvalue weighted by atomic mass is 10.3. The lowest BCUT2D eigenvalue weighted by Gasteiger charge is -2.04. The number of methoxy groups -OCH3 is 2. The smallest absolute Gasteiger partial charge is 0.306 e. The summed E-state index contributed by atoms with van der Waals surface area (Å²) in [6, 6.07) is 0. The Morgan fingerprint density at radius 1 is 0.750 bits per heavy atom. The number of carbonyl (C=O) groups is 2. The van der Waals surface area contributed by atoms with Crippen molar-refractivity contribution in [2.24, 2.45) is 0 Å². The van der Waals surface area contributed by atoms with Crippen LogP contribution in [0.3, 0.4) is 0 Å². The van der Waals surface area contributed by atoms with Crippen molar-refractivity contribution in [1.29, 1.82) is 0 Å². The van der Waals surface area contributed by atoms with Gasteiger partial charge in [-0.15, -0.1) is 0 Å². The number of ether oxygens (including phenoxy) is 4. The van der Waals surface area contributed by atoms with Crippen LogP contribution in [-0.4, -0.2) is 52.6 Å². The molecule has 0 rings (SSSR count). The maximum absolute atomic E-state index is 11.0. The lowest BCUT2D eigenvalue weighted by molar-refractivity contribution is -0.151. The zero-order valence-electron chi connectivity index (χ0n) is 9.69. The first kappa shape index (κ1) is 14.9. The van der Waals surface area contributed by atoms with Crippen molar-refractivity contribution in [2.75, 3.05) is 40.6 Å². The maximum atomic E-state index is 11.0. The van der Waals surface area contributed by atoms with Gasteiger partial charge in [-0.2, -0.15) is 0 Å². The summed E-state index contributed by atoms with van der Waals surface area (Å²) in [5.74, 6) is -0.860. The molecule has 0 unspecified atom stereocenters. The van der Waals surface area contributed by atoms with Crippen LogP contribution in [0, 0.1) is 0 Å². The molecule has 6 nitrogen and oxygen atoms in total. The van der Waals surface area contributed by atoms with Crippen LogP contribution in [0.25, 0.3) is 0 Å². The van der Waals surface area contributed by atoms with Crippen LogP contribution in [-0.2, 0) is 28.5 Å². The fourth-order valence-electron chi connectivity index (χ4n) is 0.826. The summed E-state index contributed by atoms with van der Waals surface area (Å²) in [5.41, 5.74) is 0. The van der Waals surface area contributed by atoms with E-state index in [1.807, 2.05) is 0 Å². The Morgan fingerprint density at radius 3 is 1.44 bits per heavy atom. The zero-order chi connectivity index (χ0) is 12.2. The van der Waals surface area contributed by atoms with Crippen molar-refractivity contribution in [2.45, 2.75) is 12.8 Å². The molecule has 0 aromatic carbocycles. The average Bonchev–Trinajstić information content (AvgIpc) is 2.27. The normalized spacial score (nSPS) is 9.88. The second kappa shape index (κ2) is 10.4. The summed E-state index contributed by atoms with van der Waals surface area (Å²) in [6.45, 7) is 1.11. The molecule has 0 bridgehead atoms. The predicted octanol–water partition coefficient (Wildman–Crippen LogP) is 0.146. The Bertz CT molecular complexity index is 181. The van der Waals surface area contributed by atoms with Crippen molar-refractivity contribution in [3.63, 3.8) is 0 Å². The number of hydrogen-bond donors (Lipinski definition) is 0. The number of esters is 2. The van der Waals surface area contributed by atoms with Crippen molar-refractivity contribution < 1.29 is 28.5 Å². The van der Waals surface area contributed by atoms with E-state index in [4.69, 9.17) is 18.9 Å². The summed E-state index contributed by atoms with van der Waals surface area (Å²) in [5, 5.41) is 0. The van der Waals surface area contributed by atoms with Crippen molar-refractivity contribution in [3.05, 3.63) is 0 Å². The van der Waals surface area contributed by atoms with Gasteiger partial charge in [0.1, 0.15) is 13.2 Å². The molecule has 6 heteroatoms. The topological polar surface area (TPSA) is 71.1 Å². The quantitative estimate of drug-likeness (QED) is 0.417. The van der Waals surface area contributed by atoms with Gasteiger partial charge in [0.15, 0.2) is 0 Å². The van der Waals surface area contributed by atoms with E-state index >= 15 is 0 Å². The summed E-state index contributed by atoms with van der Waals surface area (Å²) in [4.78, 5) is 22.1. The molecule has 0 aromatic rings. The molecule has 0 heterocycles. The SMILES string of the molecule is COCCOC(=O)CCC(=O)OCCOC. The third kappa shape index (κ3) is 9.42. The van der Waals surface area contributed by atoms with E-state index in [2.05, 4.69) is 0 Å². The van der Waals surface area contributed by atoms with Gasteiger partial charge in [-0.1, -0.05) is 0 Å². The Morgan fingerprint density at radius 2 is 1.12 bits per heavy atom. The van der Waals surface area contributed by atoms with Crippen LogP contribution in [0.15, 0.2) is 0 Å². The Hall–Kier alpha value is -1.14. The van der Waals surface area contributed by atoms with Crippen LogP contribution in [0.4, 0.5) is 0 Å². The molecule has 0 fully saturated rings. The molecule has 0 amide bonds. The molecule has 0 N–H and O–H groups in total. The molecule has 0 aromatic heterocycles. The van der Waals surface area contributed by atoms with Gasteiger partial charge in [0.25, 0.3) is 0 Å². The minimum absolute atomic E-state index is 0.0233. The number of hydrogen-bond acceptors (Lipinski definition) is 6. The molecule has 0 aliphatic rings. The van der Waals surface area contributed by atoms with Gasteiger partial charge in [-0.3, -0.25) is 9.59 Å². The highest BCUT2D eigenvalue weighted by molar-refractivity contribution is 5.77. The zero-order valence-corrected chi connectivity index (χ0v) is 9.69. The van der Waals surface area contributed by atoms with Crippen LogP contribution in [0.1, 0.15) is 12.8 Å². The Balaban J connectivity index is 3.40. The maximum Gasteiger partial charge on any atom is 0.306 e. The second-order valence-corrected chi connectivity index (χ2v) is 2.93. The van der Waals surface area contributed by atoms with Gasteiger partial charge >= 0.3 is 11.9 Å². The number of rotatable bonds is 9. The van der Waals surface area contributed by atoms with Gasteiger partial charge < -0.3 is 18.9 Å². The van der Waals surface area contributed by atoms with E-state index in [1.54, 1.807) is 0 Å². The Kier molecular flexibility index (Phi) is 9.64. The van der Waals surface area contributed by atoms with Crippen LogP contribution in [0.2, 0.25) is 0 Å². The van der Waals surface area contributed by atoms with Crippen molar-refractivity contribution in [1.82, 2.24) is 0 Å². The lowest BCUT2D eigenvalue weighted by Crippen LogP contribution is -2.14. The van der Waals surface area contributed by atoms with Gasteiger partial charge in [0.05, 0.1) is 26.1 Å². The minimum Gasteiger partial charge on any atom is -0.463 e. The third-order valence-corrected chi connectivity index (χ3v) is 1.63. The summed E-state index contributed by atoms with van der Waals surface area (Å²) < 4.78 is 18.9.